The fourth-order valence-electron chi connectivity index (χ4n) is 1.89. The summed E-state index contributed by atoms with van der Waals surface area (Å²) in [5.41, 5.74) is 0. The second kappa shape index (κ2) is 3.44. The first-order valence-corrected chi connectivity index (χ1v) is 4.63. The van der Waals surface area contributed by atoms with Gasteiger partial charge in [0.05, 0.1) is 20.1 Å². The molecule has 0 aromatic heterocycles. The summed E-state index contributed by atoms with van der Waals surface area (Å²) in [6.07, 6.45) is 3.61. The zero-order valence-electron chi connectivity index (χ0n) is 7.92. The average molecular weight is 172 g/mol. The van der Waals surface area contributed by atoms with Gasteiger partial charge < -0.3 is 9.59 Å². The molecule has 1 atom stereocenters. The van der Waals surface area contributed by atoms with Crippen molar-refractivity contribution in [2.45, 2.75) is 32.2 Å². The molecular weight excluding hydrogens is 154 g/mol. The molecular formula is C9H18NO2+. The normalized spacial score (nSPS) is 24.8. The molecule has 1 N–H and O–H groups in total. The average Bonchev–Trinajstić information content (AvgIpc) is 2.04. The van der Waals surface area contributed by atoms with Gasteiger partial charge in [0.1, 0.15) is 0 Å². The van der Waals surface area contributed by atoms with Gasteiger partial charge in [0, 0.05) is 0 Å². The third-order valence-corrected chi connectivity index (χ3v) is 3.13. The summed E-state index contributed by atoms with van der Waals surface area (Å²) in [5.74, 6) is -0.667. The first-order valence-electron chi connectivity index (χ1n) is 4.63. The van der Waals surface area contributed by atoms with Crippen molar-refractivity contribution in [1.82, 2.24) is 0 Å². The van der Waals surface area contributed by atoms with E-state index in [1.807, 2.05) is 6.92 Å². The van der Waals surface area contributed by atoms with Crippen LogP contribution in [0.5, 0.6) is 0 Å². The van der Waals surface area contributed by atoms with Gasteiger partial charge in [-0.05, 0) is 26.2 Å². The Hall–Kier alpha value is -0.570. The van der Waals surface area contributed by atoms with Crippen molar-refractivity contribution in [3.8, 4) is 0 Å². The maximum atomic E-state index is 10.8. The lowest BCUT2D eigenvalue weighted by atomic mass is 10.1. The molecule has 0 aromatic rings. The molecule has 1 saturated heterocycles. The van der Waals surface area contributed by atoms with Gasteiger partial charge in [-0.25, -0.2) is 4.79 Å². The quantitative estimate of drug-likeness (QED) is 0.633. The second-order valence-electron chi connectivity index (χ2n) is 4.00. The summed E-state index contributed by atoms with van der Waals surface area (Å²) in [7, 11) is 2.05. The number of rotatable bonds is 2. The minimum Gasteiger partial charge on any atom is -0.477 e. The maximum Gasteiger partial charge on any atom is 0.362 e. The number of hydrogen-bond acceptors (Lipinski definition) is 1. The largest absolute Gasteiger partial charge is 0.477 e. The van der Waals surface area contributed by atoms with E-state index >= 15 is 0 Å². The first kappa shape index (κ1) is 9.52. The predicted octanol–water partition coefficient (Wildman–Crippen LogP) is 1.09. The fraction of sp³-hybridized carbons (Fsp3) is 0.889. The Balaban J connectivity index is 2.62. The Morgan fingerprint density at radius 3 is 2.25 bits per heavy atom. The molecule has 1 aliphatic rings. The Bertz CT molecular complexity index is 173. The number of aliphatic carboxylic acids is 1. The van der Waals surface area contributed by atoms with E-state index in [0.29, 0.717) is 0 Å². The molecule has 12 heavy (non-hydrogen) atoms. The number of nitrogens with zero attached hydrogens (tertiary/aromatic N) is 1. The number of hydrogen-bond donors (Lipinski definition) is 1. The molecule has 1 fully saturated rings. The van der Waals surface area contributed by atoms with Crippen LogP contribution in [0.4, 0.5) is 0 Å². The lowest BCUT2D eigenvalue weighted by Crippen LogP contribution is -2.56. The number of piperidine rings is 1. The van der Waals surface area contributed by atoms with Gasteiger partial charge in [0.15, 0.2) is 6.04 Å². The van der Waals surface area contributed by atoms with Crippen LogP contribution in [0.1, 0.15) is 26.2 Å². The molecule has 0 aromatic carbocycles. The van der Waals surface area contributed by atoms with Gasteiger partial charge in [-0.2, -0.15) is 0 Å². The minimum absolute atomic E-state index is 0.245. The summed E-state index contributed by atoms with van der Waals surface area (Å²) >= 11 is 0. The van der Waals surface area contributed by atoms with Gasteiger partial charge in [0.25, 0.3) is 0 Å². The maximum absolute atomic E-state index is 10.8. The zero-order chi connectivity index (χ0) is 9.19. The van der Waals surface area contributed by atoms with Crippen LogP contribution in [0.2, 0.25) is 0 Å². The third-order valence-electron chi connectivity index (χ3n) is 3.13. The standard InChI is InChI=1S/C9H17NO2/c1-8(9(11)12)10(2)6-4-3-5-7-10/h8H,3-7H2,1-2H3/p+1. The van der Waals surface area contributed by atoms with E-state index in [2.05, 4.69) is 7.05 Å². The van der Waals surface area contributed by atoms with Crippen LogP contribution in [-0.2, 0) is 4.79 Å². The first-order chi connectivity index (χ1) is 5.56. The molecule has 1 aliphatic heterocycles. The van der Waals surface area contributed by atoms with E-state index in [9.17, 15) is 4.79 Å². The van der Waals surface area contributed by atoms with Crippen molar-refractivity contribution in [2.75, 3.05) is 20.1 Å². The highest BCUT2D eigenvalue weighted by Gasteiger charge is 2.35. The Morgan fingerprint density at radius 1 is 1.33 bits per heavy atom. The predicted molar refractivity (Wildman–Crippen MR) is 46.9 cm³/mol. The van der Waals surface area contributed by atoms with Crippen LogP contribution in [0.3, 0.4) is 0 Å². The summed E-state index contributed by atoms with van der Waals surface area (Å²) in [6.45, 7) is 3.86. The van der Waals surface area contributed by atoms with Crippen LogP contribution in [0.15, 0.2) is 0 Å². The lowest BCUT2D eigenvalue weighted by Gasteiger charge is -2.40. The Morgan fingerprint density at radius 2 is 1.83 bits per heavy atom. The van der Waals surface area contributed by atoms with E-state index in [-0.39, 0.29) is 6.04 Å². The van der Waals surface area contributed by atoms with Crippen LogP contribution >= 0.6 is 0 Å². The number of quaternary nitrogens is 1. The van der Waals surface area contributed by atoms with Crippen molar-refractivity contribution in [2.24, 2.45) is 0 Å². The Kier molecular flexibility index (Phi) is 2.73. The number of likely N-dealkylation sites (tertiary alicyclic amines) is 1. The van der Waals surface area contributed by atoms with Crippen molar-refractivity contribution in [3.63, 3.8) is 0 Å². The highest BCUT2D eigenvalue weighted by atomic mass is 16.4. The molecule has 1 rings (SSSR count). The van der Waals surface area contributed by atoms with Crippen LogP contribution in [0, 0.1) is 0 Å². The molecule has 0 radical (unpaired) electrons. The van der Waals surface area contributed by atoms with Gasteiger partial charge in [-0.3, -0.25) is 0 Å². The van der Waals surface area contributed by atoms with Crippen molar-refractivity contribution < 1.29 is 14.4 Å². The van der Waals surface area contributed by atoms with Crippen molar-refractivity contribution in [1.29, 1.82) is 0 Å². The van der Waals surface area contributed by atoms with E-state index in [0.717, 1.165) is 17.6 Å². The monoisotopic (exact) mass is 172 g/mol. The molecule has 0 aliphatic carbocycles. The van der Waals surface area contributed by atoms with Crippen molar-refractivity contribution in [3.05, 3.63) is 0 Å². The molecule has 0 spiro atoms. The molecule has 0 saturated carbocycles. The van der Waals surface area contributed by atoms with Gasteiger partial charge in [0.2, 0.25) is 0 Å². The van der Waals surface area contributed by atoms with E-state index in [1.54, 1.807) is 0 Å². The molecule has 70 valence electrons. The highest BCUT2D eigenvalue weighted by Crippen LogP contribution is 2.19. The molecule has 0 amide bonds. The second-order valence-corrected chi connectivity index (χ2v) is 4.00. The highest BCUT2D eigenvalue weighted by molar-refractivity contribution is 5.71. The number of carboxylic acid groups (broad SMARTS) is 1. The van der Waals surface area contributed by atoms with Gasteiger partial charge in [-0.15, -0.1) is 0 Å². The SMILES string of the molecule is CC(C(=O)O)[N+]1(C)CCCCC1. The van der Waals surface area contributed by atoms with E-state index in [1.165, 1.54) is 19.3 Å². The van der Waals surface area contributed by atoms with Gasteiger partial charge >= 0.3 is 5.97 Å². The zero-order valence-corrected chi connectivity index (χ0v) is 7.92. The number of likely N-dealkylation sites (N-methyl/N-ethyl adjacent to an activating group) is 1. The minimum atomic E-state index is -0.667. The summed E-state index contributed by atoms with van der Waals surface area (Å²) in [4.78, 5) is 10.8. The van der Waals surface area contributed by atoms with E-state index < -0.39 is 5.97 Å². The van der Waals surface area contributed by atoms with Gasteiger partial charge in [-0.1, -0.05) is 0 Å². The van der Waals surface area contributed by atoms with E-state index in [4.69, 9.17) is 5.11 Å². The third kappa shape index (κ3) is 1.78. The summed E-state index contributed by atoms with van der Waals surface area (Å²) in [6, 6.07) is -0.245. The molecule has 3 nitrogen and oxygen atoms in total. The molecule has 1 heterocycles. The number of carboxylic acids is 1. The van der Waals surface area contributed by atoms with Crippen LogP contribution in [-0.4, -0.2) is 41.7 Å². The summed E-state index contributed by atoms with van der Waals surface area (Å²) < 4.78 is 0.718. The number of carbonyl (C=O) groups is 1. The van der Waals surface area contributed by atoms with Crippen molar-refractivity contribution >= 4 is 5.97 Å². The van der Waals surface area contributed by atoms with Crippen LogP contribution in [0.25, 0.3) is 0 Å². The summed E-state index contributed by atoms with van der Waals surface area (Å²) in [5, 5.41) is 8.88. The molecule has 0 bridgehead atoms. The smallest absolute Gasteiger partial charge is 0.362 e. The molecule has 3 heteroatoms. The lowest BCUT2D eigenvalue weighted by molar-refractivity contribution is -0.927. The topological polar surface area (TPSA) is 37.3 Å². The Labute approximate surface area is 73.6 Å². The van der Waals surface area contributed by atoms with Crippen LogP contribution < -0.4 is 0 Å². The molecule has 1 unspecified atom stereocenters. The fourth-order valence-corrected chi connectivity index (χ4v) is 1.89.